The summed E-state index contributed by atoms with van der Waals surface area (Å²) in [5, 5.41) is 30.4. The Morgan fingerprint density at radius 1 is 1.17 bits per heavy atom. The third kappa shape index (κ3) is 4.42. The minimum atomic E-state index is -1.31. The number of nitrogens with one attached hydrogen (secondary N) is 3. The van der Waals surface area contributed by atoms with E-state index in [0.29, 0.717) is 39.9 Å². The van der Waals surface area contributed by atoms with Crippen molar-refractivity contribution in [2.24, 2.45) is 0 Å². The molecule has 1 saturated heterocycles. The summed E-state index contributed by atoms with van der Waals surface area (Å²) in [7, 11) is 1.46. The van der Waals surface area contributed by atoms with Crippen LogP contribution in [0.5, 0.6) is 0 Å². The predicted octanol–water partition coefficient (Wildman–Crippen LogP) is 1.09. The van der Waals surface area contributed by atoms with E-state index in [-0.39, 0.29) is 0 Å². The Hall–Kier alpha value is -3.64. The maximum atomic E-state index is 12.2. The van der Waals surface area contributed by atoms with Crippen molar-refractivity contribution in [2.45, 2.75) is 31.0 Å². The molecule has 4 aromatic rings. The molecule has 1 amide bonds. The van der Waals surface area contributed by atoms with Crippen molar-refractivity contribution in [3.8, 4) is 11.4 Å². The molecule has 0 saturated carbocycles. The van der Waals surface area contributed by atoms with E-state index in [2.05, 4.69) is 35.9 Å². The summed E-state index contributed by atoms with van der Waals surface area (Å²) in [6.07, 6.45) is 1.17. The van der Waals surface area contributed by atoms with Gasteiger partial charge < -0.3 is 20.8 Å². The zero-order chi connectivity index (χ0) is 24.5. The molecule has 0 unspecified atom stereocenters. The molecule has 5 rings (SSSR count). The fourth-order valence-corrected chi connectivity index (χ4v) is 4.26. The molecule has 5 N–H and O–H groups in total. The number of imidazole rings is 1. The van der Waals surface area contributed by atoms with Crippen LogP contribution in [-0.4, -0.2) is 65.9 Å². The van der Waals surface area contributed by atoms with Gasteiger partial charge in [0.05, 0.1) is 11.3 Å². The van der Waals surface area contributed by atoms with Crippen LogP contribution in [0.25, 0.3) is 22.6 Å². The molecule has 4 atom stereocenters. The van der Waals surface area contributed by atoms with E-state index in [9.17, 15) is 15.0 Å². The number of carbonyl (C=O) groups is 1. The molecule has 180 valence electrons. The number of halogens is 1. The highest BCUT2D eigenvalue weighted by Crippen LogP contribution is 2.30. The summed E-state index contributed by atoms with van der Waals surface area (Å²) in [5.41, 5.74) is 2.51. The highest BCUT2D eigenvalue weighted by Gasteiger charge is 2.45. The second kappa shape index (κ2) is 9.55. The SMILES string of the molecule is CNC(=O)[C@H]1N[C@@H](n2cnc3c(NCc4ccccc4)nc(-c4cncc(Cl)c4)nc32)[C@H](O)[C@@H]1O. The Kier molecular flexibility index (Phi) is 6.31. The van der Waals surface area contributed by atoms with E-state index < -0.39 is 30.3 Å². The second-order valence-electron chi connectivity index (χ2n) is 8.14. The van der Waals surface area contributed by atoms with Gasteiger partial charge in [0.25, 0.3) is 0 Å². The molecule has 0 radical (unpaired) electrons. The van der Waals surface area contributed by atoms with E-state index in [1.807, 2.05) is 30.3 Å². The topological polar surface area (TPSA) is 150 Å². The van der Waals surface area contributed by atoms with Crippen LogP contribution in [0.2, 0.25) is 5.02 Å². The molecule has 1 aromatic carbocycles. The lowest BCUT2D eigenvalue weighted by molar-refractivity contribution is -0.125. The predicted molar refractivity (Wildman–Crippen MR) is 129 cm³/mol. The van der Waals surface area contributed by atoms with Gasteiger partial charge in [0.1, 0.15) is 24.4 Å². The van der Waals surface area contributed by atoms with Crippen molar-refractivity contribution in [3.05, 3.63) is 65.7 Å². The van der Waals surface area contributed by atoms with Crippen LogP contribution in [-0.2, 0) is 11.3 Å². The highest BCUT2D eigenvalue weighted by molar-refractivity contribution is 6.30. The van der Waals surface area contributed by atoms with Gasteiger partial charge in [-0.25, -0.2) is 15.0 Å². The molecule has 35 heavy (non-hydrogen) atoms. The quantitative estimate of drug-likeness (QED) is 0.265. The number of benzene rings is 1. The van der Waals surface area contributed by atoms with Gasteiger partial charge in [-0.05, 0) is 11.6 Å². The lowest BCUT2D eigenvalue weighted by atomic mass is 10.1. The molecule has 1 fully saturated rings. The minimum absolute atomic E-state index is 0.348. The molecule has 0 spiro atoms. The first-order valence-corrected chi connectivity index (χ1v) is 11.3. The number of carbonyl (C=O) groups excluding carboxylic acids is 1. The number of rotatable bonds is 6. The average molecular weight is 495 g/mol. The van der Waals surface area contributed by atoms with Gasteiger partial charge in [-0.3, -0.25) is 19.7 Å². The van der Waals surface area contributed by atoms with Gasteiger partial charge in [-0.15, -0.1) is 0 Å². The molecule has 1 aliphatic rings. The monoisotopic (exact) mass is 494 g/mol. The number of pyridine rings is 1. The Labute approximate surface area is 205 Å². The van der Waals surface area contributed by atoms with Crippen LogP contribution in [0.15, 0.2) is 55.1 Å². The highest BCUT2D eigenvalue weighted by atomic mass is 35.5. The van der Waals surface area contributed by atoms with Crippen LogP contribution in [0.1, 0.15) is 11.7 Å². The fraction of sp³-hybridized carbons (Fsp3) is 0.261. The Morgan fingerprint density at radius 2 is 1.97 bits per heavy atom. The zero-order valence-corrected chi connectivity index (χ0v) is 19.4. The zero-order valence-electron chi connectivity index (χ0n) is 18.6. The van der Waals surface area contributed by atoms with Gasteiger partial charge in [0.15, 0.2) is 22.8 Å². The second-order valence-corrected chi connectivity index (χ2v) is 8.57. The summed E-state index contributed by atoms with van der Waals surface area (Å²) in [4.78, 5) is 30.1. The van der Waals surface area contributed by atoms with Gasteiger partial charge in [-0.1, -0.05) is 41.9 Å². The number of likely N-dealkylation sites (N-methyl/N-ethyl adjacent to an activating group) is 1. The van der Waals surface area contributed by atoms with Gasteiger partial charge in [0.2, 0.25) is 5.91 Å². The van der Waals surface area contributed by atoms with Gasteiger partial charge in [-0.2, -0.15) is 0 Å². The number of aromatic nitrogens is 5. The molecule has 12 heteroatoms. The van der Waals surface area contributed by atoms with Crippen molar-refractivity contribution in [3.63, 3.8) is 0 Å². The van der Waals surface area contributed by atoms with Crippen molar-refractivity contribution in [1.29, 1.82) is 0 Å². The van der Waals surface area contributed by atoms with Crippen LogP contribution >= 0.6 is 11.6 Å². The van der Waals surface area contributed by atoms with E-state index >= 15 is 0 Å². The minimum Gasteiger partial charge on any atom is -0.388 e. The number of aliphatic hydroxyl groups is 2. The third-order valence-corrected chi connectivity index (χ3v) is 6.09. The number of hydrogen-bond acceptors (Lipinski definition) is 9. The number of hydrogen-bond donors (Lipinski definition) is 5. The van der Waals surface area contributed by atoms with Gasteiger partial charge >= 0.3 is 0 Å². The van der Waals surface area contributed by atoms with E-state index in [1.54, 1.807) is 16.8 Å². The number of aliphatic hydroxyl groups excluding tert-OH is 2. The van der Waals surface area contributed by atoms with Gasteiger partial charge in [0, 0.05) is 31.5 Å². The number of anilines is 1. The maximum absolute atomic E-state index is 12.2. The molecular weight excluding hydrogens is 472 g/mol. The van der Waals surface area contributed by atoms with Crippen LogP contribution in [0, 0.1) is 0 Å². The Morgan fingerprint density at radius 3 is 2.71 bits per heavy atom. The van der Waals surface area contributed by atoms with Crippen molar-refractivity contribution >= 4 is 34.5 Å². The van der Waals surface area contributed by atoms with E-state index in [4.69, 9.17) is 11.6 Å². The van der Waals surface area contributed by atoms with E-state index in [0.717, 1.165) is 5.56 Å². The fourth-order valence-electron chi connectivity index (χ4n) is 4.08. The smallest absolute Gasteiger partial charge is 0.239 e. The summed E-state index contributed by atoms with van der Waals surface area (Å²) in [5.74, 6) is 0.387. The summed E-state index contributed by atoms with van der Waals surface area (Å²) < 4.78 is 1.59. The number of fused-ring (bicyclic) bond motifs is 1. The molecular formula is C23H23ClN8O3. The summed E-state index contributed by atoms with van der Waals surface area (Å²) in [6, 6.07) is 10.5. The first-order valence-electron chi connectivity index (χ1n) is 10.9. The lowest BCUT2D eigenvalue weighted by Gasteiger charge is -2.18. The largest absolute Gasteiger partial charge is 0.388 e. The molecule has 0 bridgehead atoms. The Balaban J connectivity index is 1.58. The third-order valence-electron chi connectivity index (χ3n) is 5.88. The maximum Gasteiger partial charge on any atom is 0.239 e. The first-order chi connectivity index (χ1) is 17.0. The van der Waals surface area contributed by atoms with Crippen molar-refractivity contribution in [2.75, 3.05) is 12.4 Å². The van der Waals surface area contributed by atoms with Crippen molar-refractivity contribution in [1.82, 2.24) is 35.1 Å². The summed E-state index contributed by atoms with van der Waals surface area (Å²) >= 11 is 6.14. The molecule has 11 nitrogen and oxygen atoms in total. The van der Waals surface area contributed by atoms with E-state index in [1.165, 1.54) is 19.6 Å². The first kappa shape index (κ1) is 23.1. The molecule has 0 aliphatic carbocycles. The average Bonchev–Trinajstić information content (AvgIpc) is 3.43. The van der Waals surface area contributed by atoms with Crippen LogP contribution in [0.4, 0.5) is 5.82 Å². The normalized spacial score (nSPS) is 21.8. The molecule has 4 heterocycles. The lowest BCUT2D eigenvalue weighted by Crippen LogP contribution is -2.45. The van der Waals surface area contributed by atoms with Crippen molar-refractivity contribution < 1.29 is 15.0 Å². The van der Waals surface area contributed by atoms with Crippen LogP contribution in [0.3, 0.4) is 0 Å². The standard InChI is InChI=1S/C23H23ClN8O3/c1-25-23(35)15-17(33)18(34)22(29-15)32-11-28-16-20(27-8-12-5-3-2-4-6-12)30-19(31-21(16)32)13-7-14(24)10-26-9-13/h2-7,9-11,15,17-18,22,29,33-34H,8H2,1H3,(H,25,35)(H,27,30,31)/t15-,17+,18+,22-/m0/s1. The number of amides is 1. The Bertz CT molecular complexity index is 1370. The van der Waals surface area contributed by atoms with Crippen LogP contribution < -0.4 is 16.0 Å². The number of nitrogens with zero attached hydrogens (tertiary/aromatic N) is 5. The summed E-state index contributed by atoms with van der Waals surface area (Å²) in [6.45, 7) is 0.495. The molecule has 3 aromatic heterocycles. The molecule has 1 aliphatic heterocycles.